The van der Waals surface area contributed by atoms with Crippen molar-refractivity contribution in [3.8, 4) is 17.7 Å². The summed E-state index contributed by atoms with van der Waals surface area (Å²) >= 11 is 0. The number of carboxylic acids is 1. The minimum atomic E-state index is -1.07. The normalized spacial score (nSPS) is 10.1. The second-order valence-electron chi connectivity index (χ2n) is 3.23. The van der Waals surface area contributed by atoms with E-state index < -0.39 is 5.97 Å². The number of methoxy groups -OCH3 is 2. The lowest BCUT2D eigenvalue weighted by molar-refractivity contribution is 0.0697. The molecule has 0 spiro atoms. The number of rotatable bonds is 4. The number of ether oxygens (including phenoxy) is 2. The predicted molar refractivity (Wildman–Crippen MR) is 59.2 cm³/mol. The minimum absolute atomic E-state index is 0.0420. The number of aromatic nitrogens is 4. The highest BCUT2D eigenvalue weighted by atomic mass is 16.5. The van der Waals surface area contributed by atoms with Crippen LogP contribution >= 0.6 is 0 Å². The Hall–Kier alpha value is -2.64. The Kier molecular flexibility index (Phi) is 3.09. The standard InChI is InChI=1S/C10H10N4O4/c1-17-7-3-8(18-2)13-10(12-7)14-5-6(4-11-14)9(15)16/h3-5H,1-2H3,(H,15,16). The SMILES string of the molecule is COc1cc(OC)nc(-n2cc(C(=O)O)cn2)n1. The van der Waals surface area contributed by atoms with E-state index in [-0.39, 0.29) is 11.5 Å². The van der Waals surface area contributed by atoms with Gasteiger partial charge in [-0.3, -0.25) is 0 Å². The topological polar surface area (TPSA) is 99.4 Å². The summed E-state index contributed by atoms with van der Waals surface area (Å²) in [6.45, 7) is 0. The van der Waals surface area contributed by atoms with Crippen LogP contribution in [-0.2, 0) is 0 Å². The highest BCUT2D eigenvalue weighted by Crippen LogP contribution is 2.16. The smallest absolute Gasteiger partial charge is 0.338 e. The maximum Gasteiger partial charge on any atom is 0.338 e. The van der Waals surface area contributed by atoms with Crippen LogP contribution in [0.15, 0.2) is 18.5 Å². The van der Waals surface area contributed by atoms with Crippen LogP contribution < -0.4 is 9.47 Å². The molecule has 1 N–H and O–H groups in total. The first kappa shape index (κ1) is 11.8. The molecule has 2 aromatic heterocycles. The highest BCUT2D eigenvalue weighted by molar-refractivity contribution is 5.86. The van der Waals surface area contributed by atoms with Gasteiger partial charge in [-0.05, 0) is 0 Å². The van der Waals surface area contributed by atoms with Crippen molar-refractivity contribution in [2.75, 3.05) is 14.2 Å². The number of carboxylic acid groups (broad SMARTS) is 1. The Morgan fingerprint density at radius 2 is 1.89 bits per heavy atom. The Morgan fingerprint density at radius 1 is 1.28 bits per heavy atom. The summed E-state index contributed by atoms with van der Waals surface area (Å²) in [7, 11) is 2.91. The molecule has 0 aromatic carbocycles. The predicted octanol–water partition coefficient (Wildman–Crippen LogP) is 0.378. The van der Waals surface area contributed by atoms with Crippen LogP contribution in [0.1, 0.15) is 10.4 Å². The van der Waals surface area contributed by atoms with Crippen molar-refractivity contribution < 1.29 is 19.4 Å². The van der Waals surface area contributed by atoms with Gasteiger partial charge in [-0.15, -0.1) is 0 Å². The molecular weight excluding hydrogens is 240 g/mol. The summed E-state index contributed by atoms with van der Waals surface area (Å²) < 4.78 is 11.2. The van der Waals surface area contributed by atoms with E-state index in [2.05, 4.69) is 15.1 Å². The van der Waals surface area contributed by atoms with Gasteiger partial charge < -0.3 is 14.6 Å². The molecule has 94 valence electrons. The Balaban J connectivity index is 2.45. The average Bonchev–Trinajstić information content (AvgIpc) is 2.87. The Labute approximate surface area is 102 Å². The number of carbonyl (C=O) groups is 1. The summed E-state index contributed by atoms with van der Waals surface area (Å²) in [5.41, 5.74) is 0.0420. The fourth-order valence-corrected chi connectivity index (χ4v) is 1.25. The van der Waals surface area contributed by atoms with Gasteiger partial charge in [0, 0.05) is 6.20 Å². The van der Waals surface area contributed by atoms with Gasteiger partial charge in [0.15, 0.2) is 0 Å². The van der Waals surface area contributed by atoms with Gasteiger partial charge in [0.05, 0.1) is 32.0 Å². The molecule has 0 saturated heterocycles. The summed E-state index contributed by atoms with van der Waals surface area (Å²) in [6.07, 6.45) is 2.51. The first-order chi connectivity index (χ1) is 8.63. The molecular formula is C10H10N4O4. The summed E-state index contributed by atoms with van der Waals surface area (Å²) in [4.78, 5) is 18.8. The quantitative estimate of drug-likeness (QED) is 0.837. The molecule has 0 radical (unpaired) electrons. The third-order valence-corrected chi connectivity index (χ3v) is 2.12. The zero-order valence-corrected chi connectivity index (χ0v) is 9.69. The lowest BCUT2D eigenvalue weighted by Gasteiger charge is -2.05. The van der Waals surface area contributed by atoms with Crippen LogP contribution in [-0.4, -0.2) is 45.0 Å². The Bertz CT molecular complexity index is 559. The molecule has 0 fully saturated rings. The second-order valence-corrected chi connectivity index (χ2v) is 3.23. The van der Waals surface area contributed by atoms with Crippen molar-refractivity contribution in [1.82, 2.24) is 19.7 Å². The van der Waals surface area contributed by atoms with E-state index in [0.29, 0.717) is 11.8 Å². The molecule has 0 unspecified atom stereocenters. The van der Waals surface area contributed by atoms with Crippen LogP contribution in [0.3, 0.4) is 0 Å². The van der Waals surface area contributed by atoms with Crippen molar-refractivity contribution in [3.63, 3.8) is 0 Å². The summed E-state index contributed by atoms with van der Waals surface area (Å²) in [5.74, 6) is -0.316. The molecule has 8 heteroatoms. The highest BCUT2D eigenvalue weighted by Gasteiger charge is 2.11. The van der Waals surface area contributed by atoms with Crippen LogP contribution in [0, 0.1) is 0 Å². The Morgan fingerprint density at radius 3 is 2.33 bits per heavy atom. The van der Waals surface area contributed by atoms with Crippen LogP contribution in [0.4, 0.5) is 0 Å². The van der Waals surface area contributed by atoms with E-state index >= 15 is 0 Å². The van der Waals surface area contributed by atoms with Gasteiger partial charge in [-0.2, -0.15) is 15.1 Å². The summed E-state index contributed by atoms with van der Waals surface area (Å²) in [6, 6.07) is 1.51. The monoisotopic (exact) mass is 250 g/mol. The molecule has 2 aromatic rings. The number of aromatic carboxylic acids is 1. The van der Waals surface area contributed by atoms with Crippen molar-refractivity contribution in [3.05, 3.63) is 24.0 Å². The van der Waals surface area contributed by atoms with Crippen molar-refractivity contribution in [2.24, 2.45) is 0 Å². The lowest BCUT2D eigenvalue weighted by Crippen LogP contribution is -2.04. The largest absolute Gasteiger partial charge is 0.481 e. The van der Waals surface area contributed by atoms with E-state index in [9.17, 15) is 4.79 Å². The zero-order valence-electron chi connectivity index (χ0n) is 9.69. The second kappa shape index (κ2) is 4.70. The molecule has 0 aliphatic heterocycles. The molecule has 18 heavy (non-hydrogen) atoms. The maximum absolute atomic E-state index is 10.7. The van der Waals surface area contributed by atoms with E-state index in [1.807, 2.05) is 0 Å². The van der Waals surface area contributed by atoms with Crippen molar-refractivity contribution in [1.29, 1.82) is 0 Å². The van der Waals surface area contributed by atoms with E-state index in [0.717, 1.165) is 0 Å². The van der Waals surface area contributed by atoms with E-state index in [1.165, 1.54) is 37.4 Å². The molecule has 0 bridgehead atoms. The fourth-order valence-electron chi connectivity index (χ4n) is 1.25. The molecule has 0 aliphatic carbocycles. The average molecular weight is 250 g/mol. The molecule has 2 rings (SSSR count). The first-order valence-corrected chi connectivity index (χ1v) is 4.89. The molecule has 2 heterocycles. The van der Waals surface area contributed by atoms with Crippen LogP contribution in [0.25, 0.3) is 5.95 Å². The number of hydrogen-bond donors (Lipinski definition) is 1. The number of hydrogen-bond acceptors (Lipinski definition) is 6. The molecule has 8 nitrogen and oxygen atoms in total. The first-order valence-electron chi connectivity index (χ1n) is 4.89. The van der Waals surface area contributed by atoms with Gasteiger partial charge >= 0.3 is 5.97 Å². The van der Waals surface area contributed by atoms with Gasteiger partial charge in [0.1, 0.15) is 0 Å². The van der Waals surface area contributed by atoms with Crippen LogP contribution in [0.5, 0.6) is 11.8 Å². The van der Waals surface area contributed by atoms with E-state index in [4.69, 9.17) is 14.6 Å². The fraction of sp³-hybridized carbons (Fsp3) is 0.200. The maximum atomic E-state index is 10.7. The van der Waals surface area contributed by atoms with Gasteiger partial charge in [0.25, 0.3) is 5.95 Å². The summed E-state index contributed by atoms with van der Waals surface area (Å²) in [5, 5.41) is 12.7. The number of nitrogens with zero attached hydrogens (tertiary/aromatic N) is 4. The lowest BCUT2D eigenvalue weighted by atomic mass is 10.4. The molecule has 0 atom stereocenters. The third-order valence-electron chi connectivity index (χ3n) is 2.12. The van der Waals surface area contributed by atoms with Crippen molar-refractivity contribution >= 4 is 5.97 Å². The van der Waals surface area contributed by atoms with Gasteiger partial charge in [-0.1, -0.05) is 0 Å². The zero-order chi connectivity index (χ0) is 13.1. The van der Waals surface area contributed by atoms with Gasteiger partial charge in [0.2, 0.25) is 11.8 Å². The third kappa shape index (κ3) is 2.21. The molecule has 0 amide bonds. The molecule has 0 aliphatic rings. The van der Waals surface area contributed by atoms with Crippen LogP contribution in [0.2, 0.25) is 0 Å². The van der Waals surface area contributed by atoms with E-state index in [1.54, 1.807) is 0 Å². The van der Waals surface area contributed by atoms with Crippen molar-refractivity contribution in [2.45, 2.75) is 0 Å². The minimum Gasteiger partial charge on any atom is -0.481 e. The van der Waals surface area contributed by atoms with Gasteiger partial charge in [-0.25, -0.2) is 9.48 Å². The molecule has 0 saturated carbocycles.